The zero-order chi connectivity index (χ0) is 21.8. The molecule has 31 heavy (non-hydrogen) atoms. The minimum absolute atomic E-state index is 0.0106. The summed E-state index contributed by atoms with van der Waals surface area (Å²) >= 11 is 0. The second kappa shape index (κ2) is 6.88. The molecule has 1 unspecified atom stereocenters. The van der Waals surface area contributed by atoms with Crippen LogP contribution in [0.1, 0.15) is 27.8 Å². The smallest absolute Gasteiger partial charge is 0.273 e. The van der Waals surface area contributed by atoms with Gasteiger partial charge in [-0.25, -0.2) is 12.4 Å². The number of hydrogen-bond donors (Lipinski definition) is 3. The molecule has 5 rings (SSSR count). The van der Waals surface area contributed by atoms with Gasteiger partial charge in [0.25, 0.3) is 21.8 Å². The Labute approximate surface area is 178 Å². The highest BCUT2D eigenvalue weighted by Gasteiger charge is 2.31. The van der Waals surface area contributed by atoms with E-state index in [4.69, 9.17) is 0 Å². The van der Waals surface area contributed by atoms with E-state index in [1.165, 1.54) is 36.5 Å². The van der Waals surface area contributed by atoms with E-state index in [-0.39, 0.29) is 40.5 Å². The molecule has 0 saturated carbocycles. The molecular formula is C21H19N5O4S. The Kier molecular flexibility index (Phi) is 4.26. The van der Waals surface area contributed by atoms with E-state index < -0.39 is 15.9 Å². The zero-order valence-electron chi connectivity index (χ0n) is 16.5. The summed E-state index contributed by atoms with van der Waals surface area (Å²) in [5.74, 6) is -0.935. The summed E-state index contributed by atoms with van der Waals surface area (Å²) in [4.78, 5) is 27.2. The predicted molar refractivity (Wildman–Crippen MR) is 113 cm³/mol. The van der Waals surface area contributed by atoms with Crippen LogP contribution in [0.15, 0.2) is 77.2 Å². The highest BCUT2D eigenvalue weighted by atomic mass is 32.2. The highest BCUT2D eigenvalue weighted by Crippen LogP contribution is 2.30. The van der Waals surface area contributed by atoms with Gasteiger partial charge in [0.2, 0.25) is 0 Å². The number of anilines is 1. The lowest BCUT2D eigenvalue weighted by atomic mass is 10.1. The maximum absolute atomic E-state index is 12.9. The third kappa shape index (κ3) is 3.03. The second-order valence-electron chi connectivity index (χ2n) is 7.35. The summed E-state index contributed by atoms with van der Waals surface area (Å²) in [5.41, 5.74) is 2.29. The molecule has 2 amide bonds. The summed E-state index contributed by atoms with van der Waals surface area (Å²) in [6, 6.07) is 7.07. The van der Waals surface area contributed by atoms with E-state index in [2.05, 4.69) is 20.9 Å². The monoisotopic (exact) mass is 437 g/mol. The molecule has 0 bridgehead atoms. The summed E-state index contributed by atoms with van der Waals surface area (Å²) in [6.07, 6.45) is 9.20. The van der Waals surface area contributed by atoms with Gasteiger partial charge in [0.1, 0.15) is 16.8 Å². The van der Waals surface area contributed by atoms with Gasteiger partial charge in [-0.1, -0.05) is 6.08 Å². The van der Waals surface area contributed by atoms with Gasteiger partial charge in [-0.15, -0.1) is 0 Å². The van der Waals surface area contributed by atoms with E-state index in [0.717, 1.165) is 15.4 Å². The Bertz CT molecular complexity index is 1320. The molecular weight excluding hydrogens is 418 g/mol. The number of benzene rings is 1. The van der Waals surface area contributed by atoms with Crippen LogP contribution in [-0.2, 0) is 10.0 Å². The van der Waals surface area contributed by atoms with Gasteiger partial charge in [0, 0.05) is 23.7 Å². The fourth-order valence-corrected chi connectivity index (χ4v) is 5.39. The molecule has 2 aromatic rings. The molecule has 1 atom stereocenters. The van der Waals surface area contributed by atoms with Crippen LogP contribution in [-0.4, -0.2) is 41.8 Å². The Morgan fingerprint density at radius 1 is 1.26 bits per heavy atom. The van der Waals surface area contributed by atoms with Crippen LogP contribution in [0.5, 0.6) is 0 Å². The largest absolute Gasteiger partial charge is 0.366 e. The van der Waals surface area contributed by atoms with E-state index in [1.54, 1.807) is 0 Å². The molecule has 3 N–H and O–H groups in total. The lowest BCUT2D eigenvalue weighted by Crippen LogP contribution is -2.38. The number of amides is 2. The van der Waals surface area contributed by atoms with Crippen molar-refractivity contribution in [2.45, 2.75) is 18.0 Å². The number of carbonyl (C=O) groups excluding carboxylic acids is 2. The molecule has 0 spiro atoms. The lowest BCUT2D eigenvalue weighted by Gasteiger charge is -2.30. The van der Waals surface area contributed by atoms with E-state index in [1.807, 2.05) is 31.4 Å². The Morgan fingerprint density at radius 2 is 2.10 bits per heavy atom. The zero-order valence-corrected chi connectivity index (χ0v) is 17.3. The summed E-state index contributed by atoms with van der Waals surface area (Å²) in [6.45, 7) is 2.28. The normalized spacial score (nSPS) is 20.4. The van der Waals surface area contributed by atoms with Gasteiger partial charge >= 0.3 is 0 Å². The number of nitrogens with zero attached hydrogens (tertiary/aromatic N) is 2. The number of nitrogens with one attached hydrogen (secondary N) is 3. The minimum atomic E-state index is -3.95. The summed E-state index contributed by atoms with van der Waals surface area (Å²) in [7, 11) is -3.95. The minimum Gasteiger partial charge on any atom is -0.366 e. The van der Waals surface area contributed by atoms with Crippen molar-refractivity contribution in [2.75, 3.05) is 11.9 Å². The SMILES string of the molecule is CC1=CC=CC2NC=C(CNC(=O)c3ccc4c(c3)NC(=O)c3cccn3S4(=O)=O)N12. The predicted octanol–water partition coefficient (Wildman–Crippen LogP) is 1.57. The molecule has 10 heteroatoms. The van der Waals surface area contributed by atoms with E-state index >= 15 is 0 Å². The Hall–Kier alpha value is -3.79. The van der Waals surface area contributed by atoms with Gasteiger partial charge in [-0.2, -0.15) is 0 Å². The third-order valence-corrected chi connectivity index (χ3v) is 7.17. The van der Waals surface area contributed by atoms with Gasteiger partial charge in [0.15, 0.2) is 0 Å². The van der Waals surface area contributed by atoms with Crippen LogP contribution in [0.4, 0.5) is 5.69 Å². The van der Waals surface area contributed by atoms with Crippen molar-refractivity contribution < 1.29 is 18.0 Å². The fraction of sp³-hybridized carbons (Fsp3) is 0.143. The Morgan fingerprint density at radius 3 is 2.94 bits per heavy atom. The molecule has 0 saturated heterocycles. The average Bonchev–Trinajstić information content (AvgIpc) is 3.38. The highest BCUT2D eigenvalue weighted by molar-refractivity contribution is 7.90. The number of allylic oxidation sites excluding steroid dienone is 3. The van der Waals surface area contributed by atoms with Crippen LogP contribution < -0.4 is 16.0 Å². The van der Waals surface area contributed by atoms with Crippen LogP contribution in [0.25, 0.3) is 0 Å². The number of rotatable bonds is 3. The molecule has 158 valence electrons. The first-order valence-electron chi connectivity index (χ1n) is 9.62. The maximum Gasteiger partial charge on any atom is 0.273 e. The number of hydrogen-bond acceptors (Lipinski definition) is 6. The summed E-state index contributed by atoms with van der Waals surface area (Å²) < 4.78 is 26.8. The lowest BCUT2D eigenvalue weighted by molar-refractivity contribution is 0.0953. The molecule has 0 radical (unpaired) electrons. The average molecular weight is 437 g/mol. The van der Waals surface area contributed by atoms with Gasteiger partial charge in [0.05, 0.1) is 17.9 Å². The Balaban J connectivity index is 1.37. The molecule has 4 heterocycles. The second-order valence-corrected chi connectivity index (χ2v) is 9.14. The quantitative estimate of drug-likeness (QED) is 0.672. The first kappa shape index (κ1) is 19.2. The van der Waals surface area contributed by atoms with E-state index in [9.17, 15) is 18.0 Å². The van der Waals surface area contributed by atoms with Crippen LogP contribution in [0.2, 0.25) is 0 Å². The molecule has 1 aromatic heterocycles. The fourth-order valence-electron chi connectivity index (χ4n) is 3.92. The first-order chi connectivity index (χ1) is 14.9. The number of aromatic nitrogens is 1. The molecule has 0 fully saturated rings. The molecule has 3 aliphatic heterocycles. The van der Waals surface area contributed by atoms with Crippen LogP contribution in [0, 0.1) is 0 Å². The molecule has 1 aromatic carbocycles. The number of carbonyl (C=O) groups is 2. The van der Waals surface area contributed by atoms with Gasteiger partial charge < -0.3 is 20.9 Å². The van der Waals surface area contributed by atoms with Crippen molar-refractivity contribution in [3.8, 4) is 0 Å². The van der Waals surface area contributed by atoms with Gasteiger partial charge in [-0.05, 0) is 49.4 Å². The van der Waals surface area contributed by atoms with E-state index in [0.29, 0.717) is 0 Å². The van der Waals surface area contributed by atoms with Crippen molar-refractivity contribution in [3.05, 3.63) is 83.6 Å². The summed E-state index contributed by atoms with van der Waals surface area (Å²) in [5, 5.41) is 8.68. The van der Waals surface area contributed by atoms with Crippen molar-refractivity contribution in [2.24, 2.45) is 0 Å². The molecule has 3 aliphatic rings. The standard InChI is InChI=1S/C21H19N5O4S/c1-13-4-2-6-19-22-11-15(26(13)19)12-23-20(27)14-7-8-18-16(10-14)24-21(28)17-5-3-9-25(17)31(18,29)30/h2-11,19,22H,12H2,1H3,(H,23,27)(H,24,28). The number of fused-ring (bicyclic) bond motifs is 3. The first-order valence-corrected chi connectivity index (χ1v) is 11.1. The topological polar surface area (TPSA) is 113 Å². The van der Waals surface area contributed by atoms with Crippen LogP contribution >= 0.6 is 0 Å². The van der Waals surface area contributed by atoms with Crippen molar-refractivity contribution >= 4 is 27.5 Å². The van der Waals surface area contributed by atoms with Crippen molar-refractivity contribution in [1.29, 1.82) is 0 Å². The van der Waals surface area contributed by atoms with Crippen LogP contribution in [0.3, 0.4) is 0 Å². The third-order valence-electron chi connectivity index (χ3n) is 5.42. The van der Waals surface area contributed by atoms with Crippen molar-refractivity contribution in [1.82, 2.24) is 19.5 Å². The van der Waals surface area contributed by atoms with Crippen molar-refractivity contribution in [3.63, 3.8) is 0 Å². The molecule has 0 aliphatic carbocycles. The maximum atomic E-state index is 12.9. The van der Waals surface area contributed by atoms with Gasteiger partial charge in [-0.3, -0.25) is 9.59 Å². The molecule has 9 nitrogen and oxygen atoms in total.